The molecule has 34 heavy (non-hydrogen) atoms. The molecule has 13 heteroatoms. The Balaban J connectivity index is 1.27. The maximum atomic E-state index is 12.9. The van der Waals surface area contributed by atoms with E-state index in [-0.39, 0.29) is 36.1 Å². The Hall–Kier alpha value is -3.39. The lowest BCUT2D eigenvalue weighted by atomic mass is 10.1. The van der Waals surface area contributed by atoms with Crippen molar-refractivity contribution in [2.45, 2.75) is 36.1 Å². The number of nitrogens with zero attached hydrogens (tertiary/aromatic N) is 4. The zero-order valence-electron chi connectivity index (χ0n) is 18.1. The summed E-state index contributed by atoms with van der Waals surface area (Å²) < 4.78 is 47.6. The number of tetrazole rings is 1. The Morgan fingerprint density at radius 1 is 1.06 bits per heavy atom. The summed E-state index contributed by atoms with van der Waals surface area (Å²) >= 11 is 0. The first-order valence-electron chi connectivity index (χ1n) is 10.5. The number of para-hydroxylation sites is 1. The van der Waals surface area contributed by atoms with E-state index in [1.54, 1.807) is 12.1 Å². The molecule has 1 amide bonds. The van der Waals surface area contributed by atoms with Crippen LogP contribution in [0.25, 0.3) is 0 Å². The normalized spacial score (nSPS) is 24.0. The van der Waals surface area contributed by atoms with Crippen LogP contribution in [0.15, 0.2) is 59.5 Å². The van der Waals surface area contributed by atoms with Gasteiger partial charge in [-0.25, -0.2) is 13.1 Å². The molecule has 12 nitrogen and oxygen atoms in total. The minimum Gasteiger partial charge on any atom is -0.423 e. The van der Waals surface area contributed by atoms with Crippen LogP contribution in [-0.2, 0) is 24.3 Å². The van der Waals surface area contributed by atoms with Crippen LogP contribution in [0.2, 0.25) is 0 Å². The van der Waals surface area contributed by atoms with Gasteiger partial charge >= 0.3 is 6.01 Å². The number of fused-ring (bicyclic) bond motifs is 1. The fraction of sp³-hybridized carbons (Fsp3) is 0.333. The Labute approximate surface area is 195 Å². The molecule has 0 bridgehead atoms. The van der Waals surface area contributed by atoms with Gasteiger partial charge in [-0.3, -0.25) is 4.79 Å². The maximum absolute atomic E-state index is 12.9. The number of carbonyl (C=O) groups excluding carboxylic acids is 1. The molecule has 0 aliphatic carbocycles. The van der Waals surface area contributed by atoms with Crippen LogP contribution >= 0.6 is 0 Å². The van der Waals surface area contributed by atoms with Gasteiger partial charge in [0.05, 0.1) is 24.2 Å². The minimum absolute atomic E-state index is 0.0682. The Bertz CT molecular complexity index is 1270. The van der Waals surface area contributed by atoms with E-state index in [2.05, 4.69) is 25.6 Å². The predicted molar refractivity (Wildman–Crippen MR) is 118 cm³/mol. The number of anilines is 1. The molecule has 2 aliphatic heterocycles. The molecule has 2 saturated heterocycles. The quantitative estimate of drug-likeness (QED) is 0.501. The molecular formula is C21H22N6O6S. The Morgan fingerprint density at radius 2 is 1.79 bits per heavy atom. The first kappa shape index (κ1) is 22.4. The van der Waals surface area contributed by atoms with Crippen molar-refractivity contribution < 1.29 is 27.4 Å². The van der Waals surface area contributed by atoms with Crippen molar-refractivity contribution in [1.82, 2.24) is 24.9 Å². The number of hydrogen-bond donors (Lipinski definition) is 2. The number of ether oxygens (including phenoxy) is 3. The van der Waals surface area contributed by atoms with Crippen LogP contribution < -0.4 is 14.8 Å². The zero-order chi connectivity index (χ0) is 23.7. The van der Waals surface area contributed by atoms with E-state index in [4.69, 9.17) is 14.2 Å². The average Bonchev–Trinajstić information content (AvgIpc) is 3.52. The lowest BCUT2D eigenvalue weighted by molar-refractivity contribution is -0.114. The van der Waals surface area contributed by atoms with Gasteiger partial charge in [0, 0.05) is 12.6 Å². The van der Waals surface area contributed by atoms with E-state index < -0.39 is 28.3 Å². The Kier molecular flexibility index (Phi) is 6.00. The molecule has 2 N–H and O–H groups in total. The second-order valence-corrected chi connectivity index (χ2v) is 9.63. The van der Waals surface area contributed by atoms with Gasteiger partial charge in [-0.15, -0.1) is 0 Å². The molecule has 2 fully saturated rings. The van der Waals surface area contributed by atoms with Gasteiger partial charge in [0.15, 0.2) is 0 Å². The Morgan fingerprint density at radius 3 is 2.53 bits per heavy atom. The van der Waals surface area contributed by atoms with Crippen molar-refractivity contribution in [2.75, 3.05) is 18.5 Å². The number of benzene rings is 2. The molecule has 3 aromatic rings. The van der Waals surface area contributed by atoms with Crippen LogP contribution in [0, 0.1) is 0 Å². The van der Waals surface area contributed by atoms with Crippen molar-refractivity contribution in [2.24, 2.45) is 0 Å². The molecule has 0 spiro atoms. The monoisotopic (exact) mass is 486 g/mol. The van der Waals surface area contributed by atoms with Crippen molar-refractivity contribution >= 4 is 21.6 Å². The predicted octanol–water partition coefficient (Wildman–Crippen LogP) is 1.11. The van der Waals surface area contributed by atoms with E-state index in [1.165, 1.54) is 35.9 Å². The summed E-state index contributed by atoms with van der Waals surface area (Å²) in [7, 11) is -3.84. The number of carbonyl (C=O) groups is 1. The SMILES string of the molecule is CC(=O)Nc1ccc(S(=O)(=O)N[C@H]2CO[C@H]3[C@@H]2OC[C@@H]3n2nnnc2Oc2ccccc2)cc1. The maximum Gasteiger partial charge on any atom is 0.341 e. The highest BCUT2D eigenvalue weighted by Crippen LogP contribution is 2.36. The van der Waals surface area contributed by atoms with Crippen LogP contribution in [0.5, 0.6) is 11.8 Å². The second kappa shape index (κ2) is 9.10. The molecule has 178 valence electrons. The third-order valence-electron chi connectivity index (χ3n) is 5.55. The average molecular weight is 487 g/mol. The summed E-state index contributed by atoms with van der Waals surface area (Å²) in [4.78, 5) is 11.2. The van der Waals surface area contributed by atoms with Crippen molar-refractivity contribution in [3.05, 3.63) is 54.6 Å². The smallest absolute Gasteiger partial charge is 0.341 e. The van der Waals surface area contributed by atoms with E-state index in [0.29, 0.717) is 11.4 Å². The van der Waals surface area contributed by atoms with Gasteiger partial charge in [-0.05, 0) is 46.8 Å². The molecule has 2 aromatic carbocycles. The van der Waals surface area contributed by atoms with E-state index in [0.717, 1.165) is 0 Å². The highest BCUT2D eigenvalue weighted by molar-refractivity contribution is 7.89. The van der Waals surface area contributed by atoms with Gasteiger partial charge in [0.2, 0.25) is 15.9 Å². The van der Waals surface area contributed by atoms with Crippen LogP contribution in [-0.4, -0.2) is 66.0 Å². The van der Waals surface area contributed by atoms with Crippen LogP contribution in [0.1, 0.15) is 13.0 Å². The molecular weight excluding hydrogens is 464 g/mol. The van der Waals surface area contributed by atoms with Crippen LogP contribution in [0.4, 0.5) is 5.69 Å². The summed E-state index contributed by atoms with van der Waals surface area (Å²) in [5.74, 6) is 0.340. The number of nitrogens with one attached hydrogen (secondary N) is 2. The molecule has 0 saturated carbocycles. The van der Waals surface area contributed by atoms with Gasteiger partial charge in [0.25, 0.3) is 0 Å². The molecule has 2 aliphatic rings. The summed E-state index contributed by atoms with van der Waals surface area (Å²) in [6.45, 7) is 1.74. The third kappa shape index (κ3) is 4.50. The fourth-order valence-corrected chi connectivity index (χ4v) is 5.26. The number of amides is 1. The highest BCUT2D eigenvalue weighted by atomic mass is 32.2. The first-order chi connectivity index (χ1) is 16.4. The first-order valence-corrected chi connectivity index (χ1v) is 12.0. The topological polar surface area (TPSA) is 147 Å². The zero-order valence-corrected chi connectivity index (χ0v) is 18.9. The molecule has 4 atom stereocenters. The summed E-state index contributed by atoms with van der Waals surface area (Å²) in [6, 6.07) is 14.2. The van der Waals surface area contributed by atoms with Crippen molar-refractivity contribution in [3.63, 3.8) is 0 Å². The summed E-state index contributed by atoms with van der Waals surface area (Å²) in [6.07, 6.45) is -0.983. The highest BCUT2D eigenvalue weighted by Gasteiger charge is 2.50. The minimum atomic E-state index is -3.84. The number of aromatic nitrogens is 4. The fourth-order valence-electron chi connectivity index (χ4n) is 4.03. The van der Waals surface area contributed by atoms with E-state index in [1.807, 2.05) is 18.2 Å². The summed E-state index contributed by atoms with van der Waals surface area (Å²) in [5.41, 5.74) is 0.507. The standard InChI is InChI=1S/C21H22N6O6S/c1-13(28)22-14-7-9-16(10-8-14)34(29,30)24-17-11-31-20-18(12-32-19(17)20)27-21(23-25-26-27)33-15-5-3-2-4-6-15/h2-10,17-20,24H,11-12H2,1H3,(H,22,28)/t17-,18-,19+,20+/m0/s1. The van der Waals surface area contributed by atoms with Gasteiger partial charge in [-0.2, -0.15) is 4.68 Å². The van der Waals surface area contributed by atoms with Crippen LogP contribution in [0.3, 0.4) is 0 Å². The number of hydrogen-bond acceptors (Lipinski definition) is 9. The molecule has 5 rings (SSSR count). The molecule has 3 heterocycles. The van der Waals surface area contributed by atoms with E-state index in [9.17, 15) is 13.2 Å². The van der Waals surface area contributed by atoms with E-state index >= 15 is 0 Å². The van der Waals surface area contributed by atoms with Crippen molar-refractivity contribution in [1.29, 1.82) is 0 Å². The molecule has 1 aromatic heterocycles. The number of rotatable bonds is 7. The second-order valence-electron chi connectivity index (χ2n) is 7.92. The third-order valence-corrected chi connectivity index (χ3v) is 7.05. The summed E-state index contributed by atoms with van der Waals surface area (Å²) in [5, 5.41) is 14.3. The van der Waals surface area contributed by atoms with Gasteiger partial charge in [-0.1, -0.05) is 23.3 Å². The lowest BCUT2D eigenvalue weighted by Crippen LogP contribution is -2.44. The van der Waals surface area contributed by atoms with Gasteiger partial charge in [0.1, 0.15) is 24.0 Å². The number of sulfonamides is 1. The lowest BCUT2D eigenvalue weighted by Gasteiger charge is -2.18. The molecule has 0 unspecified atom stereocenters. The molecule has 0 radical (unpaired) electrons. The van der Waals surface area contributed by atoms with Crippen molar-refractivity contribution in [3.8, 4) is 11.8 Å². The van der Waals surface area contributed by atoms with Gasteiger partial charge < -0.3 is 19.5 Å². The largest absolute Gasteiger partial charge is 0.423 e.